The average Bonchev–Trinajstić information content (AvgIpc) is 3.13. The Bertz CT molecular complexity index is 794. The Labute approximate surface area is 149 Å². The monoisotopic (exact) mass is 363 g/mol. The summed E-state index contributed by atoms with van der Waals surface area (Å²) in [7, 11) is 1.62. The van der Waals surface area contributed by atoms with Crippen molar-refractivity contribution in [3.8, 4) is 0 Å². The number of urea groups is 1. The van der Waals surface area contributed by atoms with Gasteiger partial charge in [-0.3, -0.25) is 4.79 Å². The number of hydrogen-bond donors (Lipinski definition) is 1. The minimum absolute atomic E-state index is 0.0754. The largest absolute Gasteiger partial charge is 0.337 e. The van der Waals surface area contributed by atoms with Crippen molar-refractivity contribution in [2.75, 3.05) is 18.5 Å². The van der Waals surface area contributed by atoms with Crippen LogP contribution in [-0.4, -0.2) is 46.6 Å². The Kier molecular flexibility index (Phi) is 4.89. The maximum atomic E-state index is 12.3. The van der Waals surface area contributed by atoms with Crippen molar-refractivity contribution in [1.29, 1.82) is 0 Å². The van der Waals surface area contributed by atoms with Crippen LogP contribution in [-0.2, 0) is 11.3 Å². The van der Waals surface area contributed by atoms with Crippen LogP contribution in [0.2, 0.25) is 5.02 Å². The van der Waals surface area contributed by atoms with Crippen molar-refractivity contribution in [3.63, 3.8) is 0 Å². The molecule has 0 radical (unpaired) electrons. The van der Waals surface area contributed by atoms with E-state index in [1.165, 1.54) is 4.90 Å². The van der Waals surface area contributed by atoms with E-state index in [2.05, 4.69) is 15.5 Å². The highest BCUT2D eigenvalue weighted by molar-refractivity contribution is 6.33. The third-order valence-electron chi connectivity index (χ3n) is 3.88. The Morgan fingerprint density at radius 1 is 1.48 bits per heavy atom. The van der Waals surface area contributed by atoms with Gasteiger partial charge in [-0.25, -0.2) is 4.79 Å². The molecule has 2 aromatic rings. The number of aryl methyl sites for hydroxylation is 1. The first-order valence-electron chi connectivity index (χ1n) is 7.79. The van der Waals surface area contributed by atoms with E-state index in [0.29, 0.717) is 29.0 Å². The van der Waals surface area contributed by atoms with Crippen molar-refractivity contribution in [1.82, 2.24) is 20.4 Å². The van der Waals surface area contributed by atoms with Gasteiger partial charge in [0.15, 0.2) is 5.82 Å². The number of para-hydroxylation sites is 1. The summed E-state index contributed by atoms with van der Waals surface area (Å²) in [5.41, 5.74) is 0.653. The Morgan fingerprint density at radius 2 is 2.24 bits per heavy atom. The second-order valence-electron chi connectivity index (χ2n) is 5.90. The standard InChI is InChI=1S/C16H18ClN5O3/c1-10-18-14(25-20-10)9-21(2)16(24)19-11-7-15(23)22(8-11)13-6-4-3-5-12(13)17/h3-6,11H,7-9H2,1-2H3,(H,19,24)/t11-/m1/s1. The van der Waals surface area contributed by atoms with E-state index >= 15 is 0 Å². The highest BCUT2D eigenvalue weighted by atomic mass is 35.5. The maximum absolute atomic E-state index is 12.3. The van der Waals surface area contributed by atoms with E-state index in [0.717, 1.165) is 0 Å². The lowest BCUT2D eigenvalue weighted by Crippen LogP contribution is -2.44. The first-order valence-corrected chi connectivity index (χ1v) is 8.17. The Balaban J connectivity index is 1.59. The molecule has 0 unspecified atom stereocenters. The van der Waals surface area contributed by atoms with Gasteiger partial charge in [0.05, 0.1) is 16.8 Å². The van der Waals surface area contributed by atoms with Gasteiger partial charge in [0.2, 0.25) is 11.8 Å². The van der Waals surface area contributed by atoms with E-state index in [1.807, 2.05) is 6.07 Å². The number of carbonyl (C=O) groups excluding carboxylic acids is 2. The number of nitrogens with one attached hydrogen (secondary N) is 1. The summed E-state index contributed by atoms with van der Waals surface area (Å²) in [4.78, 5) is 31.6. The molecule has 25 heavy (non-hydrogen) atoms. The van der Waals surface area contributed by atoms with E-state index in [1.54, 1.807) is 37.1 Å². The van der Waals surface area contributed by atoms with Crippen LogP contribution >= 0.6 is 11.6 Å². The summed E-state index contributed by atoms with van der Waals surface area (Å²) >= 11 is 6.15. The van der Waals surface area contributed by atoms with Crippen LogP contribution in [0.3, 0.4) is 0 Å². The van der Waals surface area contributed by atoms with Crippen molar-refractivity contribution >= 4 is 29.2 Å². The highest BCUT2D eigenvalue weighted by Gasteiger charge is 2.33. The summed E-state index contributed by atoms with van der Waals surface area (Å²) in [5.74, 6) is 0.796. The predicted molar refractivity (Wildman–Crippen MR) is 91.2 cm³/mol. The third-order valence-corrected chi connectivity index (χ3v) is 4.20. The first kappa shape index (κ1) is 17.2. The smallest absolute Gasteiger partial charge is 0.317 e. The molecule has 1 saturated heterocycles. The predicted octanol–water partition coefficient (Wildman–Crippen LogP) is 1.98. The normalized spacial score (nSPS) is 17.0. The van der Waals surface area contributed by atoms with Gasteiger partial charge in [-0.05, 0) is 19.1 Å². The van der Waals surface area contributed by atoms with Crippen molar-refractivity contribution in [2.24, 2.45) is 0 Å². The number of rotatable bonds is 4. The number of aromatic nitrogens is 2. The second kappa shape index (κ2) is 7.10. The molecular formula is C16H18ClN5O3. The minimum Gasteiger partial charge on any atom is -0.337 e. The lowest BCUT2D eigenvalue weighted by molar-refractivity contribution is -0.117. The van der Waals surface area contributed by atoms with Gasteiger partial charge in [0, 0.05) is 20.0 Å². The van der Waals surface area contributed by atoms with Crippen LogP contribution in [0.1, 0.15) is 18.1 Å². The Hall–Kier alpha value is -2.61. The molecule has 0 saturated carbocycles. The molecule has 1 aliphatic rings. The van der Waals surface area contributed by atoms with Crippen LogP contribution in [0.15, 0.2) is 28.8 Å². The van der Waals surface area contributed by atoms with Crippen LogP contribution in [0.5, 0.6) is 0 Å². The van der Waals surface area contributed by atoms with Gasteiger partial charge in [0.1, 0.15) is 6.54 Å². The number of anilines is 1. The van der Waals surface area contributed by atoms with E-state index in [4.69, 9.17) is 16.1 Å². The fourth-order valence-corrected chi connectivity index (χ4v) is 2.91. The number of nitrogens with zero attached hydrogens (tertiary/aromatic N) is 4. The molecule has 132 valence electrons. The van der Waals surface area contributed by atoms with E-state index in [-0.39, 0.29) is 30.9 Å². The zero-order valence-corrected chi connectivity index (χ0v) is 14.7. The van der Waals surface area contributed by atoms with E-state index < -0.39 is 0 Å². The lowest BCUT2D eigenvalue weighted by Gasteiger charge is -2.20. The number of hydrogen-bond acceptors (Lipinski definition) is 5. The summed E-state index contributed by atoms with van der Waals surface area (Å²) in [6, 6.07) is 6.54. The molecule has 1 N–H and O–H groups in total. The molecule has 1 atom stereocenters. The van der Waals surface area contributed by atoms with Crippen molar-refractivity contribution in [2.45, 2.75) is 25.9 Å². The molecule has 3 rings (SSSR count). The molecule has 1 aromatic carbocycles. The number of benzene rings is 1. The maximum Gasteiger partial charge on any atom is 0.317 e. The van der Waals surface area contributed by atoms with Crippen LogP contribution in [0.4, 0.5) is 10.5 Å². The van der Waals surface area contributed by atoms with Gasteiger partial charge in [-0.2, -0.15) is 4.98 Å². The highest BCUT2D eigenvalue weighted by Crippen LogP contribution is 2.29. The molecule has 3 amide bonds. The molecule has 0 bridgehead atoms. The summed E-state index contributed by atoms with van der Waals surface area (Å²) in [6.07, 6.45) is 0.227. The van der Waals surface area contributed by atoms with Gasteiger partial charge >= 0.3 is 6.03 Å². The van der Waals surface area contributed by atoms with Crippen molar-refractivity contribution < 1.29 is 14.1 Å². The SMILES string of the molecule is Cc1noc(CN(C)C(=O)N[C@@H]2CC(=O)N(c3ccccc3Cl)C2)n1. The molecule has 1 fully saturated rings. The van der Waals surface area contributed by atoms with Crippen molar-refractivity contribution in [3.05, 3.63) is 41.0 Å². The molecule has 2 heterocycles. The Morgan fingerprint density at radius 3 is 2.92 bits per heavy atom. The number of carbonyl (C=O) groups is 2. The lowest BCUT2D eigenvalue weighted by atomic mass is 10.2. The topological polar surface area (TPSA) is 91.6 Å². The van der Waals surface area contributed by atoms with Gasteiger partial charge < -0.3 is 19.6 Å². The average molecular weight is 364 g/mol. The second-order valence-corrected chi connectivity index (χ2v) is 6.30. The molecule has 1 aliphatic heterocycles. The zero-order valence-electron chi connectivity index (χ0n) is 13.9. The van der Waals surface area contributed by atoms with Gasteiger partial charge in [0.25, 0.3) is 0 Å². The fourth-order valence-electron chi connectivity index (χ4n) is 2.67. The molecular weight excluding hydrogens is 346 g/mol. The van der Waals surface area contributed by atoms with Crippen LogP contribution < -0.4 is 10.2 Å². The van der Waals surface area contributed by atoms with Crippen LogP contribution in [0, 0.1) is 6.92 Å². The molecule has 1 aromatic heterocycles. The minimum atomic E-state index is -0.310. The molecule has 9 heteroatoms. The summed E-state index contributed by atoms with van der Waals surface area (Å²) in [5, 5.41) is 7.04. The van der Waals surface area contributed by atoms with Crippen LogP contribution in [0.25, 0.3) is 0 Å². The molecule has 8 nitrogen and oxygen atoms in total. The molecule has 0 aliphatic carbocycles. The summed E-state index contributed by atoms with van der Waals surface area (Å²) in [6.45, 7) is 2.28. The zero-order chi connectivity index (χ0) is 18.0. The quantitative estimate of drug-likeness (QED) is 0.896. The van der Waals surface area contributed by atoms with Gasteiger partial charge in [-0.1, -0.05) is 28.9 Å². The fraction of sp³-hybridized carbons (Fsp3) is 0.375. The van der Waals surface area contributed by atoms with E-state index in [9.17, 15) is 9.59 Å². The third kappa shape index (κ3) is 3.90. The first-order chi connectivity index (χ1) is 11.9. The number of amides is 3. The van der Waals surface area contributed by atoms with Gasteiger partial charge in [-0.15, -0.1) is 0 Å². The summed E-state index contributed by atoms with van der Waals surface area (Å²) < 4.78 is 5.00. The molecule has 0 spiro atoms. The number of halogens is 1.